The Morgan fingerprint density at radius 3 is 2.89 bits per heavy atom. The number of aryl methyl sites for hydroxylation is 2. The van der Waals surface area contributed by atoms with Crippen LogP contribution in [-0.2, 0) is 11.8 Å². The average Bonchev–Trinajstić information content (AvgIpc) is 2.61. The Balaban J connectivity index is 2.32. The van der Waals surface area contributed by atoms with Crippen LogP contribution >= 0.6 is 0 Å². The summed E-state index contributed by atoms with van der Waals surface area (Å²) in [4.78, 5) is 26.5. The van der Waals surface area contributed by atoms with Crippen molar-refractivity contribution < 1.29 is 9.59 Å². The van der Waals surface area contributed by atoms with Gasteiger partial charge in [0.1, 0.15) is 0 Å². The first kappa shape index (κ1) is 12.0. The number of primary amides is 1. The van der Waals surface area contributed by atoms with Gasteiger partial charge in [-0.25, -0.2) is 4.98 Å². The second-order valence-corrected chi connectivity index (χ2v) is 3.95. The molecule has 0 radical (unpaired) electrons. The van der Waals surface area contributed by atoms with Crippen LogP contribution < -0.4 is 11.1 Å². The highest BCUT2D eigenvalue weighted by molar-refractivity contribution is 5.98. The van der Waals surface area contributed by atoms with E-state index in [-0.39, 0.29) is 12.5 Å². The molecule has 0 saturated carbocycles. The minimum atomic E-state index is -0.588. The van der Waals surface area contributed by atoms with E-state index in [1.807, 2.05) is 6.92 Å². The first-order chi connectivity index (χ1) is 8.49. The summed E-state index contributed by atoms with van der Waals surface area (Å²) in [5.74, 6) is -0.971. The summed E-state index contributed by atoms with van der Waals surface area (Å²) in [5.41, 5.74) is 6.83. The third-order valence-corrected chi connectivity index (χ3v) is 2.55. The van der Waals surface area contributed by atoms with Crippen LogP contribution in [0.15, 0.2) is 12.3 Å². The summed E-state index contributed by atoms with van der Waals surface area (Å²) in [5, 5.41) is 7.43. The standard InChI is InChI=1S/C11H13N5O2/c1-6-8-3-7(11(18)14-5-9(12)17)4-13-10(8)16(2)15-6/h3-4H,5H2,1-2H3,(H2,12,17)(H,14,18). The molecule has 0 spiro atoms. The van der Waals surface area contributed by atoms with Gasteiger partial charge in [0, 0.05) is 18.6 Å². The fourth-order valence-electron chi connectivity index (χ4n) is 1.70. The van der Waals surface area contributed by atoms with E-state index in [4.69, 9.17) is 5.73 Å². The SMILES string of the molecule is Cc1nn(C)c2ncc(C(=O)NCC(N)=O)cc12. The molecule has 2 heterocycles. The van der Waals surface area contributed by atoms with Gasteiger partial charge in [-0.3, -0.25) is 14.3 Å². The highest BCUT2D eigenvalue weighted by Crippen LogP contribution is 2.16. The number of hydrogen-bond acceptors (Lipinski definition) is 4. The number of pyridine rings is 1. The summed E-state index contributed by atoms with van der Waals surface area (Å²) in [6, 6.07) is 1.70. The topological polar surface area (TPSA) is 103 Å². The second-order valence-electron chi connectivity index (χ2n) is 3.95. The maximum absolute atomic E-state index is 11.7. The van der Waals surface area contributed by atoms with Crippen molar-refractivity contribution in [3.63, 3.8) is 0 Å². The molecule has 0 fully saturated rings. The molecule has 7 heteroatoms. The lowest BCUT2D eigenvalue weighted by atomic mass is 10.2. The first-order valence-electron chi connectivity index (χ1n) is 5.35. The second kappa shape index (κ2) is 4.44. The quantitative estimate of drug-likeness (QED) is 0.762. The van der Waals surface area contributed by atoms with E-state index in [0.717, 1.165) is 11.1 Å². The van der Waals surface area contributed by atoms with E-state index in [2.05, 4.69) is 15.4 Å². The Morgan fingerprint density at radius 1 is 1.50 bits per heavy atom. The molecule has 94 valence electrons. The molecule has 18 heavy (non-hydrogen) atoms. The van der Waals surface area contributed by atoms with E-state index < -0.39 is 5.91 Å². The molecule has 2 aromatic heterocycles. The van der Waals surface area contributed by atoms with E-state index in [0.29, 0.717) is 11.2 Å². The molecule has 7 nitrogen and oxygen atoms in total. The molecule has 3 N–H and O–H groups in total. The Morgan fingerprint density at radius 2 is 2.22 bits per heavy atom. The molecule has 0 aromatic carbocycles. The van der Waals surface area contributed by atoms with Gasteiger partial charge < -0.3 is 11.1 Å². The summed E-state index contributed by atoms with van der Waals surface area (Å²) < 4.78 is 1.65. The lowest BCUT2D eigenvalue weighted by Gasteiger charge is -2.02. The zero-order valence-corrected chi connectivity index (χ0v) is 10.1. The van der Waals surface area contributed by atoms with Crippen molar-refractivity contribution in [3.8, 4) is 0 Å². The highest BCUT2D eigenvalue weighted by atomic mass is 16.2. The zero-order valence-electron chi connectivity index (χ0n) is 10.1. The first-order valence-corrected chi connectivity index (χ1v) is 5.35. The van der Waals surface area contributed by atoms with E-state index in [1.165, 1.54) is 6.20 Å². The number of fused-ring (bicyclic) bond motifs is 1. The van der Waals surface area contributed by atoms with Crippen LogP contribution in [0.4, 0.5) is 0 Å². The van der Waals surface area contributed by atoms with Crippen molar-refractivity contribution in [1.29, 1.82) is 0 Å². The Labute approximate surface area is 103 Å². The van der Waals surface area contributed by atoms with Gasteiger partial charge in [0.05, 0.1) is 17.8 Å². The number of nitrogens with two attached hydrogens (primary N) is 1. The van der Waals surface area contributed by atoms with Crippen LogP contribution in [0.3, 0.4) is 0 Å². The normalized spacial score (nSPS) is 10.6. The van der Waals surface area contributed by atoms with Gasteiger partial charge in [-0.05, 0) is 13.0 Å². The van der Waals surface area contributed by atoms with Crippen molar-refractivity contribution >= 4 is 22.8 Å². The minimum Gasteiger partial charge on any atom is -0.368 e. The third-order valence-electron chi connectivity index (χ3n) is 2.55. The number of rotatable bonds is 3. The van der Waals surface area contributed by atoms with Crippen LogP contribution in [0.5, 0.6) is 0 Å². The van der Waals surface area contributed by atoms with Crippen molar-refractivity contribution in [2.75, 3.05) is 6.54 Å². The van der Waals surface area contributed by atoms with Crippen molar-refractivity contribution in [2.45, 2.75) is 6.92 Å². The molecule has 0 atom stereocenters. The van der Waals surface area contributed by atoms with Crippen LogP contribution in [0.25, 0.3) is 11.0 Å². The number of hydrogen-bond donors (Lipinski definition) is 2. The zero-order chi connectivity index (χ0) is 13.3. The Hall–Kier alpha value is -2.44. The molecule has 0 unspecified atom stereocenters. The molecular formula is C11H13N5O2. The molecule has 0 bridgehead atoms. The molecule has 2 amide bonds. The molecule has 0 aliphatic heterocycles. The van der Waals surface area contributed by atoms with Gasteiger partial charge in [0.15, 0.2) is 5.65 Å². The molecule has 2 aromatic rings. The van der Waals surface area contributed by atoms with Crippen molar-refractivity contribution in [1.82, 2.24) is 20.1 Å². The van der Waals surface area contributed by atoms with E-state index in [9.17, 15) is 9.59 Å². The summed E-state index contributed by atoms with van der Waals surface area (Å²) >= 11 is 0. The number of nitrogens with one attached hydrogen (secondary N) is 1. The minimum absolute atomic E-state index is 0.192. The van der Waals surface area contributed by atoms with Crippen molar-refractivity contribution in [3.05, 3.63) is 23.5 Å². The molecule has 0 aliphatic rings. The van der Waals surface area contributed by atoms with Gasteiger partial charge in [-0.1, -0.05) is 0 Å². The average molecular weight is 247 g/mol. The number of carbonyl (C=O) groups is 2. The summed E-state index contributed by atoms with van der Waals surface area (Å²) in [6.07, 6.45) is 1.44. The fraction of sp³-hybridized carbons (Fsp3) is 0.273. The fourth-order valence-corrected chi connectivity index (χ4v) is 1.70. The molecule has 0 aliphatic carbocycles. The summed E-state index contributed by atoms with van der Waals surface area (Å²) in [7, 11) is 1.79. The largest absolute Gasteiger partial charge is 0.368 e. The maximum Gasteiger partial charge on any atom is 0.253 e. The molecule has 0 saturated heterocycles. The smallest absolute Gasteiger partial charge is 0.253 e. The number of aromatic nitrogens is 3. The predicted octanol–water partition coefficient (Wildman–Crippen LogP) is -0.508. The van der Waals surface area contributed by atoms with Crippen LogP contribution in [0.1, 0.15) is 16.1 Å². The van der Waals surface area contributed by atoms with Gasteiger partial charge in [-0.15, -0.1) is 0 Å². The highest BCUT2D eigenvalue weighted by Gasteiger charge is 2.11. The summed E-state index contributed by atoms with van der Waals surface area (Å²) in [6.45, 7) is 1.65. The lowest BCUT2D eigenvalue weighted by molar-refractivity contribution is -0.117. The van der Waals surface area contributed by atoms with Gasteiger partial charge in [0.25, 0.3) is 5.91 Å². The van der Waals surface area contributed by atoms with Gasteiger partial charge in [0.2, 0.25) is 5.91 Å². The van der Waals surface area contributed by atoms with E-state index in [1.54, 1.807) is 17.8 Å². The van der Waals surface area contributed by atoms with Crippen LogP contribution in [0, 0.1) is 6.92 Å². The van der Waals surface area contributed by atoms with Crippen LogP contribution in [0.2, 0.25) is 0 Å². The van der Waals surface area contributed by atoms with Gasteiger partial charge in [-0.2, -0.15) is 5.10 Å². The molecular weight excluding hydrogens is 234 g/mol. The lowest BCUT2D eigenvalue weighted by Crippen LogP contribution is -2.33. The van der Waals surface area contributed by atoms with E-state index >= 15 is 0 Å². The maximum atomic E-state index is 11.7. The third kappa shape index (κ3) is 2.15. The van der Waals surface area contributed by atoms with Gasteiger partial charge >= 0.3 is 0 Å². The Bertz CT molecular complexity index is 632. The van der Waals surface area contributed by atoms with Crippen LogP contribution in [-0.4, -0.2) is 33.1 Å². The monoisotopic (exact) mass is 247 g/mol. The number of carbonyl (C=O) groups excluding carboxylic acids is 2. The number of nitrogens with zero attached hydrogens (tertiary/aromatic N) is 3. The predicted molar refractivity (Wildman–Crippen MR) is 64.8 cm³/mol. The van der Waals surface area contributed by atoms with Crippen molar-refractivity contribution in [2.24, 2.45) is 12.8 Å². The molecule has 2 rings (SSSR count). The number of amides is 2. The Kier molecular flexibility index (Phi) is 2.97.